The Labute approximate surface area is 169 Å². The molecule has 3 N–H and O–H groups in total. The van der Waals surface area contributed by atoms with Crippen LogP contribution < -0.4 is 10.1 Å². The fraction of sp³-hybridized carbons (Fsp3) is 0.238. The van der Waals surface area contributed by atoms with Crippen LogP contribution in [0.5, 0.6) is 5.75 Å². The maximum atomic E-state index is 12.9. The summed E-state index contributed by atoms with van der Waals surface area (Å²) in [5.74, 6) is 0.597. The number of aromatic nitrogens is 3. The predicted molar refractivity (Wildman–Crippen MR) is 107 cm³/mol. The van der Waals surface area contributed by atoms with Crippen LogP contribution in [0.15, 0.2) is 42.5 Å². The van der Waals surface area contributed by atoms with Crippen molar-refractivity contribution in [2.24, 2.45) is 0 Å². The summed E-state index contributed by atoms with van der Waals surface area (Å²) in [6.45, 7) is 2.49. The lowest BCUT2D eigenvalue weighted by atomic mass is 10.1. The number of alkyl halides is 3. The summed E-state index contributed by atoms with van der Waals surface area (Å²) in [6.07, 6.45) is -4.00. The van der Waals surface area contributed by atoms with Crippen molar-refractivity contribution in [3.05, 3.63) is 48.0 Å². The average Bonchev–Trinajstić information content (AvgIpc) is 3.33. The first-order valence-corrected chi connectivity index (χ1v) is 9.43. The number of fused-ring (bicyclic) bond motifs is 2. The zero-order chi connectivity index (χ0) is 21.3. The number of benzene rings is 2. The summed E-state index contributed by atoms with van der Waals surface area (Å²) in [5, 5.41) is 11.0. The Bertz CT molecular complexity index is 1210. The van der Waals surface area contributed by atoms with Gasteiger partial charge in [0.05, 0.1) is 23.3 Å². The summed E-state index contributed by atoms with van der Waals surface area (Å²) in [5.41, 5.74) is 1.57. The van der Waals surface area contributed by atoms with Gasteiger partial charge in [-0.1, -0.05) is 13.0 Å². The zero-order valence-electron chi connectivity index (χ0n) is 16.1. The molecule has 0 atom stereocenters. The topological polar surface area (TPSA) is 82.8 Å². The fourth-order valence-corrected chi connectivity index (χ4v) is 3.26. The average molecular weight is 416 g/mol. The van der Waals surface area contributed by atoms with Gasteiger partial charge in [-0.05, 0) is 36.4 Å². The van der Waals surface area contributed by atoms with Crippen LogP contribution in [0.1, 0.15) is 18.9 Å². The summed E-state index contributed by atoms with van der Waals surface area (Å²) in [6, 6.07) is 10.9. The Kier molecular flexibility index (Phi) is 5.11. The van der Waals surface area contributed by atoms with E-state index in [0.29, 0.717) is 47.6 Å². The Morgan fingerprint density at radius 2 is 1.97 bits per heavy atom. The third kappa shape index (κ3) is 3.83. The second-order valence-electron chi connectivity index (χ2n) is 6.78. The molecule has 0 aliphatic rings. The van der Waals surface area contributed by atoms with Crippen molar-refractivity contribution in [2.75, 3.05) is 13.2 Å². The van der Waals surface area contributed by atoms with E-state index in [1.165, 1.54) is 6.07 Å². The first-order valence-electron chi connectivity index (χ1n) is 9.43. The first kappa shape index (κ1) is 19.8. The Morgan fingerprint density at radius 1 is 1.13 bits per heavy atom. The number of nitrogens with zero attached hydrogens (tertiary/aromatic N) is 1. The number of hydrogen-bond donors (Lipinski definition) is 3. The molecule has 2 aromatic carbocycles. The smallest absolute Gasteiger partial charge is 0.416 e. The molecule has 0 saturated heterocycles. The molecule has 0 aliphatic carbocycles. The molecule has 0 spiro atoms. The van der Waals surface area contributed by atoms with Gasteiger partial charge in [0.15, 0.2) is 0 Å². The number of carbonyl (C=O) groups is 1. The van der Waals surface area contributed by atoms with Crippen molar-refractivity contribution >= 4 is 27.7 Å². The van der Waals surface area contributed by atoms with E-state index in [1.54, 1.807) is 6.92 Å². The molecule has 156 valence electrons. The van der Waals surface area contributed by atoms with Gasteiger partial charge < -0.3 is 15.0 Å². The second kappa shape index (κ2) is 7.74. The van der Waals surface area contributed by atoms with Crippen LogP contribution in [0.4, 0.5) is 13.2 Å². The SMILES string of the molecule is CCC(=O)NCCOc1cccc2[nH]c(-c3n[nH]c4cc(C(F)(F)F)ccc34)cc12. The quantitative estimate of drug-likeness (QED) is 0.401. The van der Waals surface area contributed by atoms with Crippen molar-refractivity contribution in [3.63, 3.8) is 0 Å². The second-order valence-corrected chi connectivity index (χ2v) is 6.78. The highest BCUT2D eigenvalue weighted by Gasteiger charge is 2.31. The molecule has 0 radical (unpaired) electrons. The monoisotopic (exact) mass is 416 g/mol. The van der Waals surface area contributed by atoms with Crippen molar-refractivity contribution in [3.8, 4) is 17.1 Å². The molecule has 0 fully saturated rings. The van der Waals surface area contributed by atoms with Crippen LogP contribution in [0.3, 0.4) is 0 Å². The Hall–Kier alpha value is -3.49. The molecule has 9 heteroatoms. The van der Waals surface area contributed by atoms with Crippen LogP contribution in [0.25, 0.3) is 33.2 Å². The molecule has 0 bridgehead atoms. The molecule has 2 heterocycles. The van der Waals surface area contributed by atoms with Gasteiger partial charge in [-0.3, -0.25) is 9.89 Å². The van der Waals surface area contributed by atoms with E-state index in [-0.39, 0.29) is 5.91 Å². The lowest BCUT2D eigenvalue weighted by molar-refractivity contribution is -0.137. The number of amides is 1. The molecule has 6 nitrogen and oxygen atoms in total. The van der Waals surface area contributed by atoms with E-state index >= 15 is 0 Å². The first-order chi connectivity index (χ1) is 14.4. The maximum absolute atomic E-state index is 12.9. The van der Waals surface area contributed by atoms with Crippen LogP contribution in [-0.4, -0.2) is 34.2 Å². The van der Waals surface area contributed by atoms with Crippen molar-refractivity contribution < 1.29 is 22.7 Å². The number of H-pyrrole nitrogens is 2. The van der Waals surface area contributed by atoms with Gasteiger partial charge in [-0.15, -0.1) is 0 Å². The highest BCUT2D eigenvalue weighted by Crippen LogP contribution is 2.35. The molecule has 0 aliphatic heterocycles. The van der Waals surface area contributed by atoms with E-state index in [1.807, 2.05) is 24.3 Å². The van der Waals surface area contributed by atoms with Crippen LogP contribution in [0, 0.1) is 0 Å². The highest BCUT2D eigenvalue weighted by atomic mass is 19.4. The highest BCUT2D eigenvalue weighted by molar-refractivity contribution is 5.97. The zero-order valence-corrected chi connectivity index (χ0v) is 16.1. The number of carbonyl (C=O) groups excluding carboxylic acids is 1. The third-order valence-corrected chi connectivity index (χ3v) is 4.77. The minimum absolute atomic E-state index is 0.0418. The van der Waals surface area contributed by atoms with E-state index < -0.39 is 11.7 Å². The standard InChI is InChI=1S/C21H19F3N4O2/c1-2-19(29)25-8-9-30-18-5-3-4-15-14(18)11-17(26-15)20-13-7-6-12(21(22,23)24)10-16(13)27-28-20/h3-7,10-11,26H,2,8-9H2,1H3,(H,25,29)(H,27,28). The molecular formula is C21H19F3N4O2. The lowest BCUT2D eigenvalue weighted by Gasteiger charge is -2.08. The van der Waals surface area contributed by atoms with Gasteiger partial charge in [0.2, 0.25) is 5.91 Å². The summed E-state index contributed by atoms with van der Waals surface area (Å²) < 4.78 is 44.6. The largest absolute Gasteiger partial charge is 0.491 e. The number of nitrogens with one attached hydrogen (secondary N) is 3. The lowest BCUT2D eigenvalue weighted by Crippen LogP contribution is -2.27. The van der Waals surface area contributed by atoms with Crippen LogP contribution >= 0.6 is 0 Å². The molecular weight excluding hydrogens is 397 g/mol. The van der Waals surface area contributed by atoms with E-state index in [2.05, 4.69) is 20.5 Å². The fourth-order valence-electron chi connectivity index (χ4n) is 3.26. The number of hydrogen-bond acceptors (Lipinski definition) is 3. The number of ether oxygens (including phenoxy) is 1. The van der Waals surface area contributed by atoms with Crippen molar-refractivity contribution in [1.82, 2.24) is 20.5 Å². The molecule has 0 unspecified atom stereocenters. The molecule has 4 aromatic rings. The van der Waals surface area contributed by atoms with E-state index in [9.17, 15) is 18.0 Å². The minimum atomic E-state index is -4.41. The van der Waals surface area contributed by atoms with Crippen LogP contribution in [0.2, 0.25) is 0 Å². The summed E-state index contributed by atoms with van der Waals surface area (Å²) >= 11 is 0. The Balaban J connectivity index is 1.62. The van der Waals surface area contributed by atoms with Crippen LogP contribution in [-0.2, 0) is 11.0 Å². The summed E-state index contributed by atoms with van der Waals surface area (Å²) in [4.78, 5) is 14.5. The van der Waals surface area contributed by atoms with Gasteiger partial charge in [-0.2, -0.15) is 18.3 Å². The number of aromatic amines is 2. The molecule has 4 rings (SSSR count). The number of halogens is 3. The third-order valence-electron chi connectivity index (χ3n) is 4.77. The maximum Gasteiger partial charge on any atom is 0.416 e. The predicted octanol–water partition coefficient (Wildman–Crippen LogP) is 4.64. The molecule has 2 aromatic heterocycles. The molecule has 30 heavy (non-hydrogen) atoms. The normalized spacial score (nSPS) is 11.9. The van der Waals surface area contributed by atoms with Gasteiger partial charge in [0, 0.05) is 22.7 Å². The van der Waals surface area contributed by atoms with Gasteiger partial charge in [-0.25, -0.2) is 0 Å². The van der Waals surface area contributed by atoms with Gasteiger partial charge in [0.1, 0.15) is 18.1 Å². The summed E-state index contributed by atoms with van der Waals surface area (Å²) in [7, 11) is 0. The Morgan fingerprint density at radius 3 is 2.73 bits per heavy atom. The van der Waals surface area contributed by atoms with Gasteiger partial charge >= 0.3 is 6.18 Å². The van der Waals surface area contributed by atoms with Crippen molar-refractivity contribution in [2.45, 2.75) is 19.5 Å². The van der Waals surface area contributed by atoms with Crippen molar-refractivity contribution in [1.29, 1.82) is 0 Å². The molecule has 1 amide bonds. The van der Waals surface area contributed by atoms with E-state index in [4.69, 9.17) is 4.74 Å². The number of rotatable bonds is 6. The van der Waals surface area contributed by atoms with Gasteiger partial charge in [0.25, 0.3) is 0 Å². The van der Waals surface area contributed by atoms with E-state index in [0.717, 1.165) is 23.0 Å². The minimum Gasteiger partial charge on any atom is -0.491 e. The molecule has 0 saturated carbocycles.